The zero-order chi connectivity index (χ0) is 60.2. The summed E-state index contributed by atoms with van der Waals surface area (Å²) in [6.45, 7) is 0. The molecule has 4 aromatic heterocycles. The van der Waals surface area contributed by atoms with E-state index in [9.17, 15) is 0 Å². The summed E-state index contributed by atoms with van der Waals surface area (Å²) < 4.78 is 4.25. The Kier molecular flexibility index (Phi) is 13.3. The van der Waals surface area contributed by atoms with Crippen LogP contribution in [0.1, 0.15) is 44.5 Å². The monoisotopic (exact) mass is 1400 g/mol. The molecule has 18 rings (SSSR count). The Labute approximate surface area is 555 Å². The zero-order valence-electron chi connectivity index (χ0n) is 48.0. The fraction of sp³-hybridized carbons (Fsp3) is 0.0244. The SMILES string of the molecule is Brc1ccc(-c2ccc(-c3ccccn3)nc2-c2ccc3c(c2)C2(c4ccccc4-c4ccccc42)c2cc(Br)ccc2-3)cc1.Brc1ccc(-c2nc(-c3ccccn3)ccc2-c2ccc3c(c2)C2(c4ccccc4-c4ccccc42)c2cc(Br)ccc2-3)cc1. The molecular formula is C82H48Br4N4. The van der Waals surface area contributed by atoms with Crippen LogP contribution in [0.5, 0.6) is 0 Å². The number of aromatic nitrogens is 4. The van der Waals surface area contributed by atoms with E-state index >= 15 is 0 Å². The van der Waals surface area contributed by atoms with Gasteiger partial charge in [0, 0.05) is 52.5 Å². The molecule has 8 heteroatoms. The summed E-state index contributed by atoms with van der Waals surface area (Å²) in [5.74, 6) is 0. The highest BCUT2D eigenvalue weighted by atomic mass is 79.9. The first-order valence-electron chi connectivity index (χ1n) is 29.9. The summed E-state index contributed by atoms with van der Waals surface area (Å²) >= 11 is 14.9. The second-order valence-electron chi connectivity index (χ2n) is 23.2. The molecule has 4 nitrogen and oxygen atoms in total. The van der Waals surface area contributed by atoms with Crippen LogP contribution in [0.15, 0.2) is 309 Å². The Morgan fingerprint density at radius 2 is 0.522 bits per heavy atom. The summed E-state index contributed by atoms with van der Waals surface area (Å²) in [6.07, 6.45) is 3.64. The maximum absolute atomic E-state index is 5.32. The number of hydrogen-bond acceptors (Lipinski definition) is 4. The number of pyridine rings is 4. The topological polar surface area (TPSA) is 51.6 Å². The second-order valence-corrected chi connectivity index (χ2v) is 26.9. The van der Waals surface area contributed by atoms with Crippen LogP contribution in [-0.4, -0.2) is 19.9 Å². The lowest BCUT2D eigenvalue weighted by Crippen LogP contribution is -2.26. The maximum Gasteiger partial charge on any atom is 0.0894 e. The number of halogens is 4. The van der Waals surface area contributed by atoms with Crippen molar-refractivity contribution in [3.8, 4) is 112 Å². The Bertz CT molecular complexity index is 5150. The van der Waals surface area contributed by atoms with Gasteiger partial charge in [-0.15, -0.1) is 0 Å². The van der Waals surface area contributed by atoms with E-state index in [0.717, 1.165) is 85.4 Å². The van der Waals surface area contributed by atoms with Crippen molar-refractivity contribution in [2.75, 3.05) is 0 Å². The molecule has 0 radical (unpaired) electrons. The van der Waals surface area contributed by atoms with Crippen LogP contribution in [0.3, 0.4) is 0 Å². The molecule has 2 spiro atoms. The quantitative estimate of drug-likeness (QED) is 0.166. The van der Waals surface area contributed by atoms with Crippen LogP contribution in [0.4, 0.5) is 0 Å². The molecule has 10 aromatic carbocycles. The fourth-order valence-corrected chi connectivity index (χ4v) is 16.2. The Morgan fingerprint density at radius 3 is 0.956 bits per heavy atom. The van der Waals surface area contributed by atoms with Gasteiger partial charge >= 0.3 is 0 Å². The molecule has 0 amide bonds. The van der Waals surface area contributed by atoms with Crippen molar-refractivity contribution in [1.82, 2.24) is 19.9 Å². The van der Waals surface area contributed by atoms with Gasteiger partial charge in [-0.25, -0.2) is 9.97 Å². The van der Waals surface area contributed by atoms with Crippen molar-refractivity contribution in [2.45, 2.75) is 10.8 Å². The molecule has 0 atom stereocenters. The van der Waals surface area contributed by atoms with Crippen molar-refractivity contribution >= 4 is 63.7 Å². The van der Waals surface area contributed by atoms with Crippen LogP contribution in [0.2, 0.25) is 0 Å². The summed E-state index contributed by atoms with van der Waals surface area (Å²) in [5, 5.41) is 0. The van der Waals surface area contributed by atoms with Crippen molar-refractivity contribution in [2.24, 2.45) is 0 Å². The summed E-state index contributed by atoms with van der Waals surface area (Å²) in [7, 11) is 0. The van der Waals surface area contributed by atoms with Gasteiger partial charge in [-0.1, -0.05) is 234 Å². The molecule has 0 aliphatic heterocycles. The lowest BCUT2D eigenvalue weighted by molar-refractivity contribution is 0.793. The fourth-order valence-electron chi connectivity index (χ4n) is 14.9. The number of nitrogens with zero attached hydrogens (tertiary/aromatic N) is 4. The molecule has 424 valence electrons. The van der Waals surface area contributed by atoms with E-state index in [4.69, 9.17) is 9.97 Å². The van der Waals surface area contributed by atoms with E-state index in [0.29, 0.717) is 0 Å². The third-order valence-corrected chi connectivity index (χ3v) is 20.6. The first-order valence-corrected chi connectivity index (χ1v) is 33.1. The van der Waals surface area contributed by atoms with E-state index < -0.39 is 10.8 Å². The smallest absolute Gasteiger partial charge is 0.0894 e. The van der Waals surface area contributed by atoms with Crippen molar-refractivity contribution < 1.29 is 0 Å². The van der Waals surface area contributed by atoms with Crippen LogP contribution in [-0.2, 0) is 10.8 Å². The molecule has 90 heavy (non-hydrogen) atoms. The van der Waals surface area contributed by atoms with Gasteiger partial charge in [0.05, 0.1) is 45.0 Å². The lowest BCUT2D eigenvalue weighted by atomic mass is 9.70. The van der Waals surface area contributed by atoms with Crippen molar-refractivity contribution in [1.29, 1.82) is 0 Å². The van der Waals surface area contributed by atoms with E-state index in [1.807, 2.05) is 48.8 Å². The third-order valence-electron chi connectivity index (χ3n) is 18.6. The van der Waals surface area contributed by atoms with Gasteiger partial charge in [-0.3, -0.25) is 9.97 Å². The summed E-state index contributed by atoms with van der Waals surface area (Å²) in [6, 6.07) is 100. The third kappa shape index (κ3) is 8.49. The molecule has 0 unspecified atom stereocenters. The number of benzene rings is 10. The average Bonchev–Trinajstić information content (AvgIpc) is 1.52. The number of fused-ring (bicyclic) bond motifs is 20. The normalized spacial score (nSPS) is 13.3. The Morgan fingerprint density at radius 1 is 0.211 bits per heavy atom. The molecule has 4 aliphatic carbocycles. The van der Waals surface area contributed by atoms with E-state index in [1.54, 1.807) is 0 Å². The minimum atomic E-state index is -0.436. The second kappa shape index (κ2) is 21.7. The van der Waals surface area contributed by atoms with Crippen LogP contribution < -0.4 is 0 Å². The van der Waals surface area contributed by atoms with Crippen LogP contribution >= 0.6 is 63.7 Å². The molecule has 0 fully saturated rings. The van der Waals surface area contributed by atoms with Gasteiger partial charge in [0.1, 0.15) is 0 Å². The predicted molar refractivity (Wildman–Crippen MR) is 380 cm³/mol. The molecule has 4 aliphatic rings. The maximum atomic E-state index is 5.32. The average molecular weight is 1410 g/mol. The summed E-state index contributed by atoms with van der Waals surface area (Å²) in [5.41, 5.74) is 31.8. The minimum absolute atomic E-state index is 0.420. The van der Waals surface area contributed by atoms with Gasteiger partial charge in [0.2, 0.25) is 0 Å². The van der Waals surface area contributed by atoms with E-state index in [2.05, 4.69) is 316 Å². The van der Waals surface area contributed by atoms with Gasteiger partial charge in [0.15, 0.2) is 0 Å². The Balaban J connectivity index is 0.000000139. The molecule has 0 saturated heterocycles. The highest BCUT2D eigenvalue weighted by Crippen LogP contribution is 2.65. The molecule has 14 aromatic rings. The van der Waals surface area contributed by atoms with Crippen molar-refractivity contribution in [3.05, 3.63) is 354 Å². The van der Waals surface area contributed by atoms with Crippen molar-refractivity contribution in [3.63, 3.8) is 0 Å². The molecule has 0 saturated carbocycles. The standard InChI is InChI=1S/2C41H24Br2N2/c42-27-15-12-25(13-16-27)40-29(20-21-39(45-40)38-11-5-6-22-44-38)26-14-18-32-33-19-17-28(43)24-37(33)41(36(32)23-26)34-9-3-1-7-30(34)31-8-2-4-10-35(31)41;42-27-15-12-25(13-16-27)29-20-21-39(38-11-5-6-22-44-38)45-40(29)26-14-18-32-33-19-17-28(43)24-37(33)41(36(32)23-26)34-9-3-1-7-30(34)31-8-2-4-10-35(31)41/h2*1-24H. The first-order chi connectivity index (χ1) is 44.2. The van der Waals surface area contributed by atoms with Gasteiger partial charge < -0.3 is 0 Å². The van der Waals surface area contributed by atoms with E-state index in [1.165, 1.54) is 89.0 Å². The largest absolute Gasteiger partial charge is 0.255 e. The van der Waals surface area contributed by atoms with Gasteiger partial charge in [0.25, 0.3) is 0 Å². The lowest BCUT2D eigenvalue weighted by Gasteiger charge is -2.31. The summed E-state index contributed by atoms with van der Waals surface area (Å²) in [4.78, 5) is 19.8. The minimum Gasteiger partial charge on any atom is -0.255 e. The van der Waals surface area contributed by atoms with Crippen LogP contribution in [0.25, 0.3) is 112 Å². The highest BCUT2D eigenvalue weighted by molar-refractivity contribution is 9.11. The molecule has 4 heterocycles. The van der Waals surface area contributed by atoms with Crippen LogP contribution in [0, 0.1) is 0 Å². The first kappa shape index (κ1) is 54.8. The van der Waals surface area contributed by atoms with Gasteiger partial charge in [-0.05, 0) is 209 Å². The highest BCUT2D eigenvalue weighted by Gasteiger charge is 2.53. The Hall–Kier alpha value is -9.28. The van der Waals surface area contributed by atoms with Gasteiger partial charge in [-0.2, -0.15) is 0 Å². The predicted octanol–water partition coefficient (Wildman–Crippen LogP) is 22.7. The number of rotatable bonds is 6. The van der Waals surface area contributed by atoms with E-state index in [-0.39, 0.29) is 0 Å². The molecule has 0 bridgehead atoms. The number of hydrogen-bond donors (Lipinski definition) is 0. The molecule has 0 N–H and O–H groups in total. The molecular weight excluding hydrogens is 1360 g/mol. The zero-order valence-corrected chi connectivity index (χ0v) is 54.4.